The summed E-state index contributed by atoms with van der Waals surface area (Å²) < 4.78 is 0. The summed E-state index contributed by atoms with van der Waals surface area (Å²) in [6.45, 7) is 8.91. The number of nitrogens with zero attached hydrogens (tertiary/aromatic N) is 2. The van der Waals surface area contributed by atoms with Crippen LogP contribution in [0.3, 0.4) is 0 Å². The molecule has 2 fully saturated rings. The fourth-order valence-corrected chi connectivity index (χ4v) is 5.00. The first-order chi connectivity index (χ1) is 8.99. The lowest BCUT2D eigenvalue weighted by atomic mass is 9.76. The Kier molecular flexibility index (Phi) is 5.27. The topological polar surface area (TPSA) is 15.6 Å². The van der Waals surface area contributed by atoms with Crippen LogP contribution in [-0.2, 0) is 0 Å². The number of rotatable bonds is 2. The largest absolute Gasteiger partial charge is 0.345 e. The molecule has 1 heterocycles. The molecule has 0 amide bonds. The van der Waals surface area contributed by atoms with Gasteiger partial charge in [-0.25, -0.2) is 0 Å². The van der Waals surface area contributed by atoms with Gasteiger partial charge >= 0.3 is 0 Å². The number of fused-ring (bicyclic) bond motifs is 1. The van der Waals surface area contributed by atoms with Crippen LogP contribution in [0.25, 0.3) is 0 Å². The minimum absolute atomic E-state index is 0.377. The summed E-state index contributed by atoms with van der Waals surface area (Å²) in [7, 11) is 6.26. The average Bonchev–Trinajstić information content (AvgIpc) is 2.58. The first kappa shape index (κ1) is 15.3. The summed E-state index contributed by atoms with van der Waals surface area (Å²) >= 11 is 1.98. The molecule has 0 aromatic carbocycles. The fraction of sp³-hybridized carbons (Fsp3) is 0.933. The quantitative estimate of drug-likeness (QED) is 0.713. The minimum Gasteiger partial charge on any atom is -0.345 e. The number of thioether (sulfide) groups is 1. The van der Waals surface area contributed by atoms with Crippen molar-refractivity contribution in [2.24, 2.45) is 4.99 Å². The predicted molar refractivity (Wildman–Crippen MR) is 87.3 cm³/mol. The van der Waals surface area contributed by atoms with Gasteiger partial charge in [0.25, 0.3) is 0 Å². The van der Waals surface area contributed by atoms with E-state index in [2.05, 4.69) is 32.6 Å². The van der Waals surface area contributed by atoms with Gasteiger partial charge in [-0.2, -0.15) is 0 Å². The van der Waals surface area contributed by atoms with Gasteiger partial charge in [-0.1, -0.05) is 36.8 Å². The van der Waals surface area contributed by atoms with Gasteiger partial charge in [-0.3, -0.25) is 4.99 Å². The predicted octanol–water partition coefficient (Wildman–Crippen LogP) is 3.87. The van der Waals surface area contributed by atoms with Gasteiger partial charge in [0.2, 0.25) is 0 Å². The van der Waals surface area contributed by atoms with Crippen molar-refractivity contribution in [3.05, 3.63) is 0 Å². The van der Waals surface area contributed by atoms with E-state index in [0.29, 0.717) is 29.2 Å². The van der Waals surface area contributed by atoms with E-state index in [-0.39, 0.29) is 0 Å². The van der Waals surface area contributed by atoms with Crippen molar-refractivity contribution in [2.75, 3.05) is 0 Å². The molecule has 106 valence electrons. The maximum absolute atomic E-state index is 6.26. The van der Waals surface area contributed by atoms with Crippen molar-refractivity contribution in [1.29, 1.82) is 0 Å². The number of aliphatic imine (C=N–C) groups is 1. The monoisotopic (exact) mass is 278 g/mol. The molecule has 2 rings (SSSR count). The van der Waals surface area contributed by atoms with Crippen LogP contribution in [0.2, 0.25) is 5.82 Å². The Bertz CT molecular complexity index is 330. The molecule has 1 saturated carbocycles. The van der Waals surface area contributed by atoms with Crippen LogP contribution in [-0.4, -0.2) is 41.3 Å². The summed E-state index contributed by atoms with van der Waals surface area (Å²) in [5, 5.41) is 1.91. The average molecular weight is 278 g/mol. The number of hydrogen-bond donors (Lipinski definition) is 0. The Morgan fingerprint density at radius 3 is 2.53 bits per heavy atom. The molecule has 1 saturated heterocycles. The molecule has 1 aliphatic carbocycles. The fourth-order valence-electron chi connectivity index (χ4n) is 3.22. The van der Waals surface area contributed by atoms with Crippen molar-refractivity contribution in [3.8, 4) is 0 Å². The van der Waals surface area contributed by atoms with E-state index in [1.165, 1.54) is 30.9 Å². The molecular weight excluding hydrogens is 251 g/mol. The minimum atomic E-state index is 0.377. The SMILES string of the molecule is [B]C1CCCCC2C(C1)SC(=NC(C)C)N2C(C)C. The van der Waals surface area contributed by atoms with Crippen molar-refractivity contribution in [3.63, 3.8) is 0 Å². The third kappa shape index (κ3) is 3.71. The van der Waals surface area contributed by atoms with Gasteiger partial charge < -0.3 is 4.90 Å². The summed E-state index contributed by atoms with van der Waals surface area (Å²) in [5.74, 6) is 0.382. The lowest BCUT2D eigenvalue weighted by Gasteiger charge is -2.34. The highest BCUT2D eigenvalue weighted by atomic mass is 32.2. The van der Waals surface area contributed by atoms with E-state index in [0.717, 1.165) is 6.42 Å². The first-order valence-corrected chi connectivity index (χ1v) is 8.65. The zero-order chi connectivity index (χ0) is 14.0. The third-order valence-corrected chi connectivity index (χ3v) is 5.39. The molecule has 4 heteroatoms. The molecule has 2 aliphatic rings. The zero-order valence-electron chi connectivity index (χ0n) is 12.8. The molecule has 3 atom stereocenters. The molecule has 0 aromatic rings. The molecule has 2 radical (unpaired) electrons. The highest BCUT2D eigenvalue weighted by Crippen LogP contribution is 2.42. The molecule has 2 nitrogen and oxygen atoms in total. The highest BCUT2D eigenvalue weighted by molar-refractivity contribution is 8.14. The first-order valence-electron chi connectivity index (χ1n) is 7.77. The third-order valence-electron chi connectivity index (χ3n) is 4.05. The van der Waals surface area contributed by atoms with Gasteiger partial charge in [0, 0.05) is 23.4 Å². The van der Waals surface area contributed by atoms with Crippen LogP contribution < -0.4 is 0 Å². The van der Waals surface area contributed by atoms with E-state index >= 15 is 0 Å². The van der Waals surface area contributed by atoms with E-state index in [9.17, 15) is 0 Å². The van der Waals surface area contributed by atoms with Crippen molar-refractivity contribution in [2.45, 2.75) is 89.0 Å². The Labute approximate surface area is 124 Å². The lowest BCUT2D eigenvalue weighted by Crippen LogP contribution is -2.42. The number of hydrogen-bond acceptors (Lipinski definition) is 2. The normalized spacial score (nSPS) is 34.7. The Morgan fingerprint density at radius 2 is 1.89 bits per heavy atom. The Balaban J connectivity index is 2.21. The maximum Gasteiger partial charge on any atom is 0.160 e. The van der Waals surface area contributed by atoms with Gasteiger partial charge in [0.05, 0.1) is 7.85 Å². The maximum atomic E-state index is 6.26. The molecule has 0 aromatic heterocycles. The van der Waals surface area contributed by atoms with Gasteiger partial charge in [-0.05, 0) is 40.5 Å². The van der Waals surface area contributed by atoms with Crippen molar-refractivity contribution >= 4 is 24.8 Å². The van der Waals surface area contributed by atoms with Crippen LogP contribution in [0.1, 0.15) is 59.8 Å². The van der Waals surface area contributed by atoms with Crippen LogP contribution in [0.15, 0.2) is 4.99 Å². The van der Waals surface area contributed by atoms with Crippen molar-refractivity contribution < 1.29 is 0 Å². The standard InChI is InChI=1S/C15H27BN2S/c1-10(2)17-15-18(11(3)4)13-8-6-5-7-12(16)9-14(13)19-15/h10-14H,5-9H2,1-4H3. The molecule has 0 spiro atoms. The summed E-state index contributed by atoms with van der Waals surface area (Å²) in [6.07, 6.45) is 6.25. The molecule has 0 N–H and O–H groups in total. The van der Waals surface area contributed by atoms with E-state index in [4.69, 9.17) is 12.8 Å². The van der Waals surface area contributed by atoms with E-state index in [1.54, 1.807) is 0 Å². The van der Waals surface area contributed by atoms with Gasteiger partial charge in [-0.15, -0.1) is 0 Å². The molecular formula is C15H27BN2S. The Morgan fingerprint density at radius 1 is 1.21 bits per heavy atom. The molecule has 1 aliphatic heterocycles. The smallest absolute Gasteiger partial charge is 0.160 e. The summed E-state index contributed by atoms with van der Waals surface area (Å²) in [4.78, 5) is 7.42. The second-order valence-corrected chi connectivity index (χ2v) is 7.72. The number of amidine groups is 1. The van der Waals surface area contributed by atoms with Crippen LogP contribution in [0.5, 0.6) is 0 Å². The van der Waals surface area contributed by atoms with Crippen LogP contribution >= 0.6 is 11.8 Å². The summed E-state index contributed by atoms with van der Waals surface area (Å²) in [6, 6.07) is 1.56. The lowest BCUT2D eigenvalue weighted by molar-refractivity contribution is 0.239. The second-order valence-electron chi connectivity index (χ2n) is 6.51. The van der Waals surface area contributed by atoms with Gasteiger partial charge in [0.1, 0.15) is 0 Å². The summed E-state index contributed by atoms with van der Waals surface area (Å²) in [5.41, 5.74) is 0. The van der Waals surface area contributed by atoms with Crippen LogP contribution in [0.4, 0.5) is 0 Å². The van der Waals surface area contributed by atoms with E-state index < -0.39 is 0 Å². The second kappa shape index (κ2) is 6.56. The zero-order valence-corrected chi connectivity index (χ0v) is 13.6. The highest BCUT2D eigenvalue weighted by Gasteiger charge is 2.40. The molecule has 0 bridgehead atoms. The van der Waals surface area contributed by atoms with Crippen molar-refractivity contribution in [1.82, 2.24) is 4.90 Å². The van der Waals surface area contributed by atoms with E-state index in [1.807, 2.05) is 11.8 Å². The van der Waals surface area contributed by atoms with Crippen LogP contribution in [0, 0.1) is 0 Å². The Hall–Kier alpha value is -0.115. The van der Waals surface area contributed by atoms with Gasteiger partial charge in [0.15, 0.2) is 5.17 Å². The molecule has 3 unspecified atom stereocenters. The molecule has 19 heavy (non-hydrogen) atoms.